The van der Waals surface area contributed by atoms with Crippen LogP contribution in [0.2, 0.25) is 0 Å². The van der Waals surface area contributed by atoms with Gasteiger partial charge < -0.3 is 64.8 Å². The van der Waals surface area contributed by atoms with Crippen molar-refractivity contribution >= 4 is 34.9 Å². The minimum atomic E-state index is -0.193. The fourth-order valence-corrected chi connectivity index (χ4v) is 5.78. The first kappa shape index (κ1) is 49.7. The van der Waals surface area contributed by atoms with E-state index in [0.29, 0.717) is 39.9 Å². The summed E-state index contributed by atoms with van der Waals surface area (Å²) >= 11 is 0. The van der Waals surface area contributed by atoms with Crippen molar-refractivity contribution in [3.8, 4) is 63.5 Å². The Morgan fingerprint density at radius 2 is 0.731 bits per heavy atom. The molecule has 0 bridgehead atoms. The molecule has 0 aliphatic rings. The van der Waals surface area contributed by atoms with E-state index in [4.69, 9.17) is 28.4 Å². The Labute approximate surface area is 354 Å². The number of hydrogen-bond acceptors (Lipinski definition) is 19. The molecule has 0 spiro atoms. The molecule has 0 amide bonds. The molecule has 7 aromatic rings. The van der Waals surface area contributed by atoms with Crippen molar-refractivity contribution in [3.05, 3.63) is 149 Å². The molecule has 0 unspecified atom stereocenters. The molecule has 7 N–H and O–H groups in total. The fourth-order valence-electron chi connectivity index (χ4n) is 5.78. The van der Waals surface area contributed by atoms with E-state index in [1.807, 2.05) is 0 Å². The molecule has 0 aliphatic carbocycles. The minimum absolute atomic E-state index is 0. The molecule has 328 valence electrons. The van der Waals surface area contributed by atoms with Crippen molar-refractivity contribution < 1.29 is 48.8 Å². The maximum absolute atomic E-state index is 10.7. The Kier molecular flexibility index (Phi) is 15.5. The molecule has 5 aromatic carbocycles. The molecule has 0 radical (unpaired) electrons. The zero-order valence-corrected chi connectivity index (χ0v) is 68.1. The van der Waals surface area contributed by atoms with Crippen molar-refractivity contribution in [1.29, 1.82) is 0 Å². The molecule has 0 saturated heterocycles. The van der Waals surface area contributed by atoms with Gasteiger partial charge in [-0.15, -0.1) is 0 Å². The molecule has 0 fully saturated rings. The first-order valence-electron chi connectivity index (χ1n) is 18.1. The largest absolute Gasteiger partial charge is 0.665 e. The Bertz CT molecular complexity index is 2600. The van der Waals surface area contributed by atoms with Crippen molar-refractivity contribution in [2.75, 3.05) is 16.0 Å². The van der Waals surface area contributed by atoms with Gasteiger partial charge in [0.25, 0.3) is 0 Å². The summed E-state index contributed by atoms with van der Waals surface area (Å²) in [6, 6.07) is 22.5. The standard InChI is InChI=1S/C43H36N9O10.5Rf/c1-57-25-6-11-33(53)23(16-25)18-39-49-42(46-32-22-29(61-5)9-14-36(32)56)52-43(50-39)62-37-15-10-26(58-2)17-24(37)19-38-47-40(44-30-20-27(59-3)7-12-34(30)54)51-41(48-38)45-31-21-28(60-4)8-13-35(31)55;;;;;/h6-17,20-22,53-56H,1-5,18-19H2,(H,46,49,50,52)(H2,44,45,47,48,51);;;;;/q-5;;;;;. The van der Waals surface area contributed by atoms with Gasteiger partial charge in [0, 0.05) is 42.2 Å². The molecule has 19 nitrogen and oxygen atoms in total. The summed E-state index contributed by atoms with van der Waals surface area (Å²) < 4.78 is 32.0. The maximum atomic E-state index is 10.7. The van der Waals surface area contributed by atoms with E-state index in [9.17, 15) is 20.4 Å². The van der Waals surface area contributed by atoms with Gasteiger partial charge in [0.05, 0.1) is 45.8 Å². The van der Waals surface area contributed by atoms with Gasteiger partial charge in [-0.05, 0) is 72.8 Å². The summed E-state index contributed by atoms with van der Waals surface area (Å²) in [6.45, 7) is 0. The van der Waals surface area contributed by atoms with Gasteiger partial charge >= 0.3 is 6.01 Å². The van der Waals surface area contributed by atoms with Crippen molar-refractivity contribution in [2.24, 2.45) is 0 Å². The van der Waals surface area contributed by atoms with Gasteiger partial charge in [-0.2, -0.15) is 65.5 Å². The molecule has 0 aliphatic heterocycles. The van der Waals surface area contributed by atoms with Crippen LogP contribution in [-0.2, 0) is 12.8 Å². The van der Waals surface area contributed by atoms with Gasteiger partial charge in [-0.25, -0.2) is 0 Å². The van der Waals surface area contributed by atoms with Gasteiger partial charge in [-0.3, -0.25) is 0 Å². The summed E-state index contributed by atoms with van der Waals surface area (Å²) in [7, 11) is 17.2. The van der Waals surface area contributed by atoms with E-state index in [1.54, 1.807) is 30.3 Å². The molecule has 7 rings (SSSR count). The van der Waals surface area contributed by atoms with Crippen molar-refractivity contribution in [1.82, 2.24) is 29.9 Å². The van der Waals surface area contributed by atoms with Crippen LogP contribution >= 0.6 is 0 Å². The van der Waals surface area contributed by atoms with Crippen LogP contribution in [0, 0.1) is 35.5 Å². The molecular weight excluding hydrogens is 2140 g/mol. The van der Waals surface area contributed by atoms with E-state index >= 15 is 0 Å². The van der Waals surface area contributed by atoms with Crippen LogP contribution < -0.4 is 44.4 Å². The van der Waals surface area contributed by atoms with Crippen LogP contribution in [0.15, 0.2) is 91.0 Å². The number of phenolic OH excluding ortho intramolecular Hbond substituents is 4. The van der Waals surface area contributed by atoms with E-state index in [-0.39, 0.29) is 94.2 Å². The van der Waals surface area contributed by atoms with Gasteiger partial charge in [0.2, 0.25) is 17.8 Å². The quantitative estimate of drug-likeness (QED) is 0.0338. The number of benzene rings is 5. The number of aromatic nitrogens is 6. The van der Waals surface area contributed by atoms with Crippen LogP contribution in [0.4, 0.5) is 34.9 Å². The van der Waals surface area contributed by atoms with E-state index < -0.39 is 0 Å². The minimum Gasteiger partial charge on any atom is -0.665 e. The Morgan fingerprint density at radius 3 is 1.16 bits per heavy atom. The van der Waals surface area contributed by atoms with E-state index in [0.717, 1.165) is 0 Å². The molecular formula is C43H36N9O10Rf5-5. The zero-order valence-electron chi connectivity index (χ0n) is 36.1. The average Bonchev–Trinajstić information content (AvgIpc) is 3.27. The molecule has 2 heterocycles. The van der Waals surface area contributed by atoms with E-state index in [1.165, 1.54) is 60.7 Å². The average molecular weight is 2170 g/mol. The predicted molar refractivity (Wildman–Crippen MR) is 224 cm³/mol. The zero-order chi connectivity index (χ0) is 43.8. The van der Waals surface area contributed by atoms with Crippen LogP contribution in [0.3, 0.4) is 0 Å². The summed E-state index contributed by atoms with van der Waals surface area (Å²) in [5.74, 6) is 1.75. The number of ether oxygens (including phenoxy) is 6. The Balaban J connectivity index is 0.00000308. The monoisotopic (exact) mass is 2170 g/mol. The van der Waals surface area contributed by atoms with Gasteiger partial charge in [0.15, 0.2) is 0 Å². The number of aromatic hydroxyl groups is 4. The number of nitrogens with one attached hydrogen (secondary N) is 3. The summed E-state index contributed by atoms with van der Waals surface area (Å²) in [5, 5.41) is 51.5. The number of nitrogens with zero attached hydrogens (tertiary/aromatic N) is 6. The molecule has 0 atom stereocenters. The first-order valence-corrected chi connectivity index (χ1v) is 18.1. The number of phenols is 4. The van der Waals surface area contributed by atoms with Crippen molar-refractivity contribution in [3.63, 3.8) is 0 Å². The summed E-state index contributed by atoms with van der Waals surface area (Å²) in [6.07, 6.45) is -0.0538. The molecule has 24 heteroatoms. The van der Waals surface area contributed by atoms with Gasteiger partial charge in [-0.1, -0.05) is 0 Å². The van der Waals surface area contributed by atoms with Gasteiger partial charge in [0.1, 0.15) is 40.4 Å². The van der Waals surface area contributed by atoms with Crippen LogP contribution in [0.25, 0.3) is 0 Å². The second kappa shape index (κ2) is 21.0. The molecule has 67 heavy (non-hydrogen) atoms. The molecule has 2 aromatic heterocycles. The number of rotatable bonds is 17. The van der Waals surface area contributed by atoms with Crippen LogP contribution in [0.5, 0.6) is 63.5 Å². The topological polar surface area (TPSA) is 250 Å². The molecule has 0 saturated carbocycles. The third-order valence-electron chi connectivity index (χ3n) is 8.80. The predicted octanol–water partition coefficient (Wildman–Crippen LogP) is 7.94. The van der Waals surface area contributed by atoms with Crippen molar-refractivity contribution in [2.45, 2.75) is 12.8 Å². The van der Waals surface area contributed by atoms with E-state index in [2.05, 4.69) is 81.4 Å². The Morgan fingerprint density at radius 1 is 0.388 bits per heavy atom. The third-order valence-corrected chi connectivity index (χ3v) is 8.80. The normalized spacial score (nSPS) is 9.93. The third kappa shape index (κ3) is 11.2. The fraction of sp³-hybridized carbons (Fsp3) is 0.0465. The van der Waals surface area contributed by atoms with Crippen LogP contribution in [-0.4, -0.2) is 50.3 Å². The van der Waals surface area contributed by atoms with Crippen LogP contribution in [0.1, 0.15) is 22.8 Å². The maximum Gasteiger partial charge on any atom is 0.327 e. The SMILES string of the molecule is [CH2-]Oc1ccc(O)c(Cc2nc(Nc3cc(O[CH2-])ccc3O)nc(Oc3ccc(O[CH2-])cc3Cc3nc(Nc4cc(O[CH2-])ccc4O)nc(Nc4cc(O[CH2-])ccc4O)n3)n2)c1.[Rf].[Rf].[Rf].[Rf].[Rf]. The Hall–Kier alpha value is -13.5. The number of anilines is 6. The second-order valence-electron chi connectivity index (χ2n) is 12.9. The first-order chi connectivity index (χ1) is 30.0. The second-order valence-corrected chi connectivity index (χ2v) is 12.9. The smallest absolute Gasteiger partial charge is 0.327 e. The summed E-state index contributed by atoms with van der Waals surface area (Å²) in [5.41, 5.74) is 1.42. The number of hydrogen-bond donors (Lipinski definition) is 7. The summed E-state index contributed by atoms with van der Waals surface area (Å²) in [4.78, 5) is 27.2.